The van der Waals surface area contributed by atoms with Gasteiger partial charge in [-0.2, -0.15) is 0 Å². The number of ether oxygens (including phenoxy) is 1. The van der Waals surface area contributed by atoms with Crippen molar-refractivity contribution in [2.75, 3.05) is 11.4 Å². The Morgan fingerprint density at radius 2 is 2.33 bits per heavy atom. The Balaban J connectivity index is 2.32. The van der Waals surface area contributed by atoms with E-state index >= 15 is 0 Å². The van der Waals surface area contributed by atoms with Gasteiger partial charge in [-0.3, -0.25) is 0 Å². The summed E-state index contributed by atoms with van der Waals surface area (Å²) >= 11 is 0. The maximum Gasteiger partial charge on any atom is 0.394 e. The molecule has 2 aliphatic heterocycles. The molecule has 0 aromatic heterocycles. The fourth-order valence-corrected chi connectivity index (χ4v) is 1.91. The zero-order valence-electron chi connectivity index (χ0n) is 7.92. The highest BCUT2D eigenvalue weighted by atomic mass is 16.5. The van der Waals surface area contributed by atoms with E-state index in [9.17, 15) is 0 Å². The van der Waals surface area contributed by atoms with Crippen LogP contribution in [0.1, 0.15) is 5.56 Å². The van der Waals surface area contributed by atoms with Gasteiger partial charge in [0.1, 0.15) is 6.26 Å². The lowest BCUT2D eigenvalue weighted by Crippen LogP contribution is -2.22. The summed E-state index contributed by atoms with van der Waals surface area (Å²) in [6.45, 7) is 0.814. The maximum absolute atomic E-state index is 8.88. The molecular formula is C11H8N3O+. The number of diazo groups is 1. The molecule has 0 N–H and O–H groups in total. The maximum atomic E-state index is 8.88. The molecule has 0 amide bonds. The van der Waals surface area contributed by atoms with Crippen molar-refractivity contribution in [3.63, 3.8) is 0 Å². The van der Waals surface area contributed by atoms with Gasteiger partial charge in [-0.05, 0) is 12.1 Å². The molecule has 0 saturated heterocycles. The lowest BCUT2D eigenvalue weighted by atomic mass is 10.0. The van der Waals surface area contributed by atoms with E-state index in [-0.39, 0.29) is 0 Å². The topological polar surface area (TPSA) is 40.6 Å². The molecule has 15 heavy (non-hydrogen) atoms. The minimum absolute atomic E-state index is 0.564. The molecule has 0 saturated carbocycles. The lowest BCUT2D eigenvalue weighted by molar-refractivity contribution is 0.470. The van der Waals surface area contributed by atoms with Crippen molar-refractivity contribution in [3.8, 4) is 5.75 Å². The third kappa shape index (κ3) is 1.03. The number of nitrogens with zero attached hydrogens (tertiary/aromatic N) is 3. The molecule has 2 aliphatic rings. The number of hydrogen-bond donors (Lipinski definition) is 0. The van der Waals surface area contributed by atoms with E-state index in [0.29, 0.717) is 5.69 Å². The van der Waals surface area contributed by atoms with Crippen molar-refractivity contribution in [3.05, 3.63) is 41.2 Å². The van der Waals surface area contributed by atoms with Crippen molar-refractivity contribution >= 4 is 17.5 Å². The van der Waals surface area contributed by atoms with Gasteiger partial charge >= 0.3 is 5.69 Å². The normalized spacial score (nSPS) is 15.5. The first-order valence-corrected chi connectivity index (χ1v) is 4.69. The van der Waals surface area contributed by atoms with E-state index in [1.807, 2.05) is 24.4 Å². The van der Waals surface area contributed by atoms with Gasteiger partial charge in [-0.1, -0.05) is 6.08 Å². The molecule has 0 aliphatic carbocycles. The number of benzene rings is 1. The molecule has 4 nitrogen and oxygen atoms in total. The summed E-state index contributed by atoms with van der Waals surface area (Å²) in [5.74, 6) is 0.796. The summed E-state index contributed by atoms with van der Waals surface area (Å²) in [5.41, 5.74) is 2.43. The fraction of sp³-hybridized carbons (Fsp3) is 0.0909. The van der Waals surface area contributed by atoms with Crippen molar-refractivity contribution in [2.45, 2.75) is 0 Å². The van der Waals surface area contributed by atoms with Crippen molar-refractivity contribution in [1.82, 2.24) is 0 Å². The molecule has 0 atom stereocenters. The van der Waals surface area contributed by atoms with Crippen LogP contribution in [0.4, 0.5) is 11.4 Å². The van der Waals surface area contributed by atoms with Crippen LogP contribution in [0.5, 0.6) is 5.75 Å². The first-order valence-electron chi connectivity index (χ1n) is 4.69. The molecule has 0 bridgehead atoms. The highest BCUT2D eigenvalue weighted by Gasteiger charge is 2.26. The molecule has 2 heterocycles. The first-order chi connectivity index (χ1) is 7.40. The Morgan fingerprint density at radius 1 is 1.40 bits per heavy atom. The predicted octanol–water partition coefficient (Wildman–Crippen LogP) is 2.87. The van der Waals surface area contributed by atoms with E-state index in [0.717, 1.165) is 23.5 Å². The van der Waals surface area contributed by atoms with Gasteiger partial charge in [0.15, 0.2) is 10.7 Å². The van der Waals surface area contributed by atoms with Crippen LogP contribution in [-0.2, 0) is 0 Å². The van der Waals surface area contributed by atoms with Crippen LogP contribution in [0.3, 0.4) is 0 Å². The Morgan fingerprint density at radius 3 is 3.20 bits per heavy atom. The van der Waals surface area contributed by atoms with Crippen LogP contribution in [0, 0.1) is 5.39 Å². The Bertz CT molecular complexity index is 525. The molecule has 0 unspecified atom stereocenters. The largest absolute Gasteiger partial charge is 0.461 e. The van der Waals surface area contributed by atoms with Gasteiger partial charge in [0.25, 0.3) is 0 Å². The summed E-state index contributed by atoms with van der Waals surface area (Å²) in [4.78, 5) is 5.32. The molecule has 0 radical (unpaired) electrons. The van der Waals surface area contributed by atoms with Crippen LogP contribution < -0.4 is 9.64 Å². The van der Waals surface area contributed by atoms with E-state index in [1.165, 1.54) is 0 Å². The standard InChI is InChI=1S/C11H8N3O/c12-13-9-3-4-10-11-8(9)2-1-5-14(11)6-7-15-10/h1-4,6-7H,5H2/q+1. The van der Waals surface area contributed by atoms with E-state index in [2.05, 4.69) is 9.88 Å². The van der Waals surface area contributed by atoms with Crippen LogP contribution in [0.2, 0.25) is 0 Å². The fourth-order valence-electron chi connectivity index (χ4n) is 1.91. The number of rotatable bonds is 0. The van der Waals surface area contributed by atoms with Crippen LogP contribution in [-0.4, -0.2) is 6.54 Å². The van der Waals surface area contributed by atoms with Gasteiger partial charge in [-0.25, -0.2) is 0 Å². The van der Waals surface area contributed by atoms with Crippen molar-refractivity contribution in [2.24, 2.45) is 0 Å². The van der Waals surface area contributed by atoms with Crippen LogP contribution >= 0.6 is 0 Å². The summed E-state index contributed by atoms with van der Waals surface area (Å²) in [6, 6.07) is 3.55. The second-order valence-corrected chi connectivity index (χ2v) is 3.40. The second-order valence-electron chi connectivity index (χ2n) is 3.40. The first kappa shape index (κ1) is 8.06. The highest BCUT2D eigenvalue weighted by molar-refractivity contribution is 5.86. The molecule has 1 aromatic carbocycles. The Labute approximate surface area is 86.7 Å². The summed E-state index contributed by atoms with van der Waals surface area (Å²) in [7, 11) is 0. The molecule has 0 fully saturated rings. The monoisotopic (exact) mass is 198 g/mol. The van der Waals surface area contributed by atoms with Crippen LogP contribution in [0.15, 0.2) is 30.7 Å². The van der Waals surface area contributed by atoms with Gasteiger partial charge in [0, 0.05) is 18.8 Å². The number of anilines is 1. The third-order valence-electron chi connectivity index (χ3n) is 2.57. The Kier molecular flexibility index (Phi) is 1.53. The van der Waals surface area contributed by atoms with Gasteiger partial charge < -0.3 is 9.64 Å². The minimum atomic E-state index is 0.564. The second kappa shape index (κ2) is 2.85. The van der Waals surface area contributed by atoms with E-state index in [1.54, 1.807) is 12.3 Å². The molecular weight excluding hydrogens is 190 g/mol. The molecule has 72 valence electrons. The molecule has 4 heteroatoms. The predicted molar refractivity (Wildman–Crippen MR) is 57.3 cm³/mol. The average molecular weight is 198 g/mol. The van der Waals surface area contributed by atoms with E-state index in [4.69, 9.17) is 10.1 Å². The third-order valence-corrected chi connectivity index (χ3v) is 2.57. The molecule has 3 rings (SSSR count). The quantitative estimate of drug-likeness (QED) is 0.602. The lowest BCUT2D eigenvalue weighted by Gasteiger charge is -2.27. The zero-order valence-corrected chi connectivity index (χ0v) is 7.92. The van der Waals surface area contributed by atoms with Crippen molar-refractivity contribution < 1.29 is 4.74 Å². The highest BCUT2D eigenvalue weighted by Crippen LogP contribution is 2.42. The Hall–Kier alpha value is -2.28. The zero-order chi connectivity index (χ0) is 10.3. The summed E-state index contributed by atoms with van der Waals surface area (Å²) < 4.78 is 5.39. The number of hydrogen-bond acceptors (Lipinski definition) is 3. The van der Waals surface area contributed by atoms with Crippen molar-refractivity contribution in [1.29, 1.82) is 5.39 Å². The van der Waals surface area contributed by atoms with Gasteiger partial charge in [0.05, 0.1) is 11.3 Å². The minimum Gasteiger partial charge on any atom is -0.461 e. The van der Waals surface area contributed by atoms with Gasteiger partial charge in [0.2, 0.25) is 5.39 Å². The molecule has 1 aromatic rings. The SMILES string of the molecule is N#[N+]c1ccc2c3c1C=CCN3C=CO2. The van der Waals surface area contributed by atoms with Gasteiger partial charge in [-0.15, -0.1) is 0 Å². The summed E-state index contributed by atoms with van der Waals surface area (Å²) in [6.07, 6.45) is 7.50. The smallest absolute Gasteiger partial charge is 0.394 e. The summed E-state index contributed by atoms with van der Waals surface area (Å²) in [5, 5.41) is 8.88. The van der Waals surface area contributed by atoms with Crippen LogP contribution in [0.25, 0.3) is 11.1 Å². The molecule has 0 spiro atoms. The van der Waals surface area contributed by atoms with E-state index < -0.39 is 0 Å². The average Bonchev–Trinajstić information content (AvgIpc) is 2.30.